The second kappa shape index (κ2) is 25.8. The molecule has 1 aromatic carbocycles. The lowest BCUT2D eigenvalue weighted by Gasteiger charge is -2.15. The van der Waals surface area contributed by atoms with Crippen molar-refractivity contribution in [3.05, 3.63) is 71.0 Å². The molecular weight excluding hydrogens is 540 g/mol. The summed E-state index contributed by atoms with van der Waals surface area (Å²) in [5.74, 6) is 0.929. The van der Waals surface area contributed by atoms with Crippen molar-refractivity contribution in [2.24, 2.45) is 11.7 Å². The molecule has 0 aromatic heterocycles. The van der Waals surface area contributed by atoms with Gasteiger partial charge >= 0.3 is 0 Å². The number of benzene rings is 1. The second-order valence-electron chi connectivity index (χ2n) is 9.75. The summed E-state index contributed by atoms with van der Waals surface area (Å²) in [4.78, 5) is 32.2. The molecule has 9 heteroatoms. The Morgan fingerprint density at radius 3 is 2.15 bits per heavy atom. The van der Waals surface area contributed by atoms with E-state index < -0.39 is 0 Å². The Morgan fingerprint density at radius 2 is 1.66 bits per heavy atom. The predicted molar refractivity (Wildman–Crippen MR) is 171 cm³/mol. The molecule has 1 aliphatic carbocycles. The Bertz CT molecular complexity index is 923. The minimum atomic E-state index is -0.352. The fraction of sp³-hybridized carbons (Fsp3) is 0.531. The molecule has 0 saturated carbocycles. The van der Waals surface area contributed by atoms with Crippen molar-refractivity contribution in [2.75, 3.05) is 20.1 Å². The number of carbonyl (C=O) groups excluding carboxylic acids is 3. The highest BCUT2D eigenvalue weighted by molar-refractivity contribution is 6.30. The van der Waals surface area contributed by atoms with Gasteiger partial charge < -0.3 is 26.4 Å². The van der Waals surface area contributed by atoms with Crippen LogP contribution in [0, 0.1) is 12.8 Å². The molecule has 0 spiro atoms. The molecule has 3 amide bonds. The monoisotopic (exact) mass is 592 g/mol. The minimum Gasteiger partial charge on any atom is -0.495 e. The Labute approximate surface area is 253 Å². The van der Waals surface area contributed by atoms with Crippen LogP contribution >= 0.6 is 11.6 Å². The Hall–Kier alpha value is -3.10. The topological polar surface area (TPSA) is 123 Å². The van der Waals surface area contributed by atoms with Crippen molar-refractivity contribution in [1.82, 2.24) is 16.0 Å². The van der Waals surface area contributed by atoms with E-state index >= 15 is 0 Å². The summed E-state index contributed by atoms with van der Waals surface area (Å²) in [6.07, 6.45) is 14.3. The molecule has 1 aliphatic rings. The third kappa shape index (κ3) is 25.6. The van der Waals surface area contributed by atoms with E-state index in [2.05, 4.69) is 29.0 Å². The fourth-order valence-electron chi connectivity index (χ4n) is 2.83. The summed E-state index contributed by atoms with van der Waals surface area (Å²) in [6.45, 7) is 14.3. The van der Waals surface area contributed by atoms with E-state index in [0.717, 1.165) is 36.5 Å². The number of ether oxygens (including phenoxy) is 1. The number of allylic oxidation sites excluding steroid dienone is 5. The molecule has 2 unspecified atom stereocenters. The molecular formula is C32H53ClN4O4. The van der Waals surface area contributed by atoms with Crippen molar-refractivity contribution >= 4 is 29.3 Å². The van der Waals surface area contributed by atoms with Crippen molar-refractivity contribution in [2.45, 2.75) is 86.3 Å². The average Bonchev–Trinajstić information content (AvgIpc) is 3.21. The number of halogens is 1. The lowest BCUT2D eigenvalue weighted by Crippen LogP contribution is -2.43. The van der Waals surface area contributed by atoms with Gasteiger partial charge in [0.05, 0.1) is 18.7 Å². The first-order valence-corrected chi connectivity index (χ1v) is 14.6. The first-order valence-electron chi connectivity index (χ1n) is 14.3. The summed E-state index contributed by atoms with van der Waals surface area (Å²) < 4.78 is 5.53. The summed E-state index contributed by atoms with van der Waals surface area (Å²) in [7, 11) is 1.60. The molecule has 0 bridgehead atoms. The van der Waals surface area contributed by atoms with Crippen LogP contribution in [0.1, 0.15) is 72.8 Å². The fourth-order valence-corrected chi connectivity index (χ4v) is 2.96. The Balaban J connectivity index is 0. The lowest BCUT2D eigenvalue weighted by atomic mass is 10.00. The van der Waals surface area contributed by atoms with Crippen LogP contribution in [-0.2, 0) is 19.1 Å². The molecule has 0 heterocycles. The SMILES string of the molecule is CC(C)OC1=CC=CC=CC1.CCC(C)C(N)C(=O)NC.CCCCNC(=O)CNC(C)=O.Cc1ccc(Cl)cc1. The van der Waals surface area contributed by atoms with Crippen molar-refractivity contribution in [3.63, 3.8) is 0 Å². The highest BCUT2D eigenvalue weighted by atomic mass is 35.5. The summed E-state index contributed by atoms with van der Waals surface area (Å²) in [6, 6.07) is 7.40. The van der Waals surface area contributed by atoms with Crippen LogP contribution in [0.2, 0.25) is 5.02 Å². The van der Waals surface area contributed by atoms with Crippen molar-refractivity contribution < 1.29 is 19.1 Å². The number of aryl methyl sites for hydroxylation is 1. The normalized spacial score (nSPS) is 12.8. The third-order valence-electron chi connectivity index (χ3n) is 5.51. The molecule has 1 aromatic rings. The zero-order chi connectivity index (χ0) is 31.6. The minimum absolute atomic E-state index is 0.0747. The smallest absolute Gasteiger partial charge is 0.239 e. The standard InChI is InChI=1S/C10H14O.C8H16N2O2.C7H7Cl.C7H16N2O/c1-9(2)11-10-7-5-3-4-6-8-10;1-3-4-5-9-8(12)6-10-7(2)11;1-6-2-4-7(8)5-3-6;1-4-5(2)6(8)7(10)9-3/h3-7,9H,8H2,1-2H3;3-6H2,1-2H3,(H,9,12)(H,10,11);2-5H,1H3;5-6H,4,8H2,1-3H3,(H,9,10). The molecule has 0 aliphatic heterocycles. The van der Waals surface area contributed by atoms with Gasteiger partial charge in [-0.3, -0.25) is 14.4 Å². The van der Waals surface area contributed by atoms with E-state index in [1.807, 2.05) is 83.2 Å². The molecule has 0 radical (unpaired) electrons. The summed E-state index contributed by atoms with van der Waals surface area (Å²) in [5.41, 5.74) is 6.81. The lowest BCUT2D eigenvalue weighted by molar-refractivity contribution is -0.125. The highest BCUT2D eigenvalue weighted by Gasteiger charge is 2.17. The number of rotatable bonds is 10. The second-order valence-corrected chi connectivity index (χ2v) is 10.2. The van der Waals surface area contributed by atoms with Gasteiger partial charge in [-0.05, 0) is 51.3 Å². The van der Waals surface area contributed by atoms with Crippen LogP contribution in [0.15, 0.2) is 60.4 Å². The van der Waals surface area contributed by atoms with Crippen LogP contribution in [0.25, 0.3) is 0 Å². The van der Waals surface area contributed by atoms with Crippen LogP contribution in [0.3, 0.4) is 0 Å². The molecule has 41 heavy (non-hydrogen) atoms. The maximum Gasteiger partial charge on any atom is 0.239 e. The summed E-state index contributed by atoms with van der Waals surface area (Å²) >= 11 is 5.61. The number of carbonyl (C=O) groups is 3. The van der Waals surface area contributed by atoms with E-state index in [0.29, 0.717) is 6.54 Å². The first kappa shape index (κ1) is 40.0. The number of hydrogen-bond donors (Lipinski definition) is 4. The Morgan fingerprint density at radius 1 is 1.02 bits per heavy atom. The molecule has 2 atom stereocenters. The zero-order valence-electron chi connectivity index (χ0n) is 26.3. The van der Waals surface area contributed by atoms with Gasteiger partial charge in [-0.15, -0.1) is 0 Å². The average molecular weight is 593 g/mol. The van der Waals surface area contributed by atoms with E-state index in [9.17, 15) is 14.4 Å². The van der Waals surface area contributed by atoms with Crippen LogP contribution in [-0.4, -0.2) is 50.0 Å². The zero-order valence-corrected chi connectivity index (χ0v) is 27.0. The highest BCUT2D eigenvalue weighted by Crippen LogP contribution is 2.10. The van der Waals surface area contributed by atoms with Gasteiger partial charge in [0.1, 0.15) is 5.76 Å². The maximum atomic E-state index is 10.9. The van der Waals surface area contributed by atoms with E-state index in [-0.39, 0.29) is 42.3 Å². The van der Waals surface area contributed by atoms with Gasteiger partial charge in [0.2, 0.25) is 17.7 Å². The number of hydrogen-bond acceptors (Lipinski definition) is 5. The van der Waals surface area contributed by atoms with Crippen molar-refractivity contribution in [3.8, 4) is 0 Å². The van der Waals surface area contributed by atoms with Crippen LogP contribution < -0.4 is 21.7 Å². The molecule has 5 N–H and O–H groups in total. The summed E-state index contributed by atoms with van der Waals surface area (Å²) in [5, 5.41) is 8.42. The first-order chi connectivity index (χ1) is 19.4. The van der Waals surface area contributed by atoms with Gasteiger partial charge in [-0.25, -0.2) is 0 Å². The predicted octanol–water partition coefficient (Wildman–Crippen LogP) is 5.60. The molecule has 8 nitrogen and oxygen atoms in total. The third-order valence-corrected chi connectivity index (χ3v) is 5.77. The van der Waals surface area contributed by atoms with E-state index in [1.54, 1.807) is 7.05 Å². The van der Waals surface area contributed by atoms with Gasteiger partial charge in [-0.1, -0.05) is 87.2 Å². The van der Waals surface area contributed by atoms with E-state index in [4.69, 9.17) is 22.1 Å². The molecule has 2 rings (SSSR count). The van der Waals surface area contributed by atoms with Crippen LogP contribution in [0.4, 0.5) is 0 Å². The van der Waals surface area contributed by atoms with E-state index in [1.165, 1.54) is 12.5 Å². The number of nitrogens with two attached hydrogens (primary N) is 1. The molecule has 0 saturated heterocycles. The number of likely N-dealkylation sites (N-methyl/N-ethyl adjacent to an activating group) is 1. The largest absolute Gasteiger partial charge is 0.495 e. The number of nitrogens with one attached hydrogen (secondary N) is 3. The van der Waals surface area contributed by atoms with Gasteiger partial charge in [0.15, 0.2) is 0 Å². The van der Waals surface area contributed by atoms with Crippen LogP contribution in [0.5, 0.6) is 0 Å². The molecule has 0 fully saturated rings. The van der Waals surface area contributed by atoms with Gasteiger partial charge in [-0.2, -0.15) is 0 Å². The van der Waals surface area contributed by atoms with Gasteiger partial charge in [0.25, 0.3) is 0 Å². The van der Waals surface area contributed by atoms with Crippen molar-refractivity contribution in [1.29, 1.82) is 0 Å². The number of unbranched alkanes of at least 4 members (excludes halogenated alkanes) is 1. The quantitative estimate of drug-likeness (QED) is 0.263. The molecule has 232 valence electrons. The maximum absolute atomic E-state index is 10.9. The Kier molecular flexibility index (Phi) is 25.2. The van der Waals surface area contributed by atoms with Gasteiger partial charge in [0, 0.05) is 32.0 Å². The number of amides is 3.